The first-order chi connectivity index (χ1) is 13.5. The van der Waals surface area contributed by atoms with Crippen LogP contribution in [0.3, 0.4) is 0 Å². The smallest absolute Gasteiger partial charge is 0.245 e. The van der Waals surface area contributed by atoms with E-state index in [1.165, 1.54) is 10.5 Å². The molecule has 1 aliphatic rings. The predicted octanol–water partition coefficient (Wildman–Crippen LogP) is 4.23. The second kappa shape index (κ2) is 8.03. The van der Waals surface area contributed by atoms with E-state index >= 15 is 0 Å². The summed E-state index contributed by atoms with van der Waals surface area (Å²) < 4.78 is 33.7. The molecule has 1 saturated heterocycles. The Kier molecular flexibility index (Phi) is 5.48. The van der Waals surface area contributed by atoms with Gasteiger partial charge in [-0.05, 0) is 42.7 Å². The number of halogens is 1. The zero-order valence-electron chi connectivity index (χ0n) is 15.2. The lowest BCUT2D eigenvalue weighted by molar-refractivity contribution is 0.216. The van der Waals surface area contributed by atoms with Crippen LogP contribution in [-0.4, -0.2) is 29.2 Å². The molecule has 2 aromatic heterocycles. The van der Waals surface area contributed by atoms with E-state index in [0.717, 1.165) is 18.4 Å². The van der Waals surface area contributed by atoms with Crippen LogP contribution in [0.2, 0.25) is 5.02 Å². The minimum absolute atomic E-state index is 0.190. The van der Waals surface area contributed by atoms with Gasteiger partial charge in [-0.1, -0.05) is 30.2 Å². The molecule has 0 amide bonds. The third-order valence-electron chi connectivity index (χ3n) is 4.84. The zero-order chi connectivity index (χ0) is 19.6. The van der Waals surface area contributed by atoms with Crippen LogP contribution in [0.1, 0.15) is 42.5 Å². The molecule has 28 heavy (non-hydrogen) atoms. The summed E-state index contributed by atoms with van der Waals surface area (Å²) in [5.41, 5.74) is 1.05. The molecule has 8 heteroatoms. The molecule has 1 unspecified atom stereocenters. The van der Waals surface area contributed by atoms with Gasteiger partial charge in [0.05, 0.1) is 6.20 Å². The van der Waals surface area contributed by atoms with E-state index < -0.39 is 16.1 Å². The highest BCUT2D eigenvalue weighted by atomic mass is 35.5. The van der Waals surface area contributed by atoms with Crippen molar-refractivity contribution in [1.82, 2.24) is 14.3 Å². The number of rotatable bonds is 5. The molecule has 0 spiro atoms. The van der Waals surface area contributed by atoms with Gasteiger partial charge in [0.1, 0.15) is 16.7 Å². The molecule has 0 aliphatic carbocycles. The fourth-order valence-electron chi connectivity index (χ4n) is 3.44. The standard InChI is InChI=1S/C20H20ClN3O3S/c21-16-8-6-15(7-9-16)12-17-13-23-20(27-17)19-5-1-2-11-24(19)28(25,26)18-4-3-10-22-14-18/h3-4,6-10,13-14,19H,1-2,5,11-12H2. The van der Waals surface area contributed by atoms with Crippen molar-refractivity contribution in [2.24, 2.45) is 0 Å². The maximum atomic E-state index is 13.1. The summed E-state index contributed by atoms with van der Waals surface area (Å²) in [6, 6.07) is 10.3. The van der Waals surface area contributed by atoms with Crippen molar-refractivity contribution in [3.63, 3.8) is 0 Å². The highest BCUT2D eigenvalue weighted by Crippen LogP contribution is 2.35. The molecule has 1 aromatic carbocycles. The van der Waals surface area contributed by atoms with E-state index in [-0.39, 0.29) is 4.90 Å². The normalized spacial score (nSPS) is 18.2. The second-order valence-corrected chi connectivity index (χ2v) is 9.11. The summed E-state index contributed by atoms with van der Waals surface area (Å²) >= 11 is 5.93. The molecule has 3 heterocycles. The average molecular weight is 418 g/mol. The number of aromatic nitrogens is 2. The summed E-state index contributed by atoms with van der Waals surface area (Å²) in [5, 5.41) is 0.681. The van der Waals surface area contributed by atoms with Gasteiger partial charge in [-0.25, -0.2) is 13.4 Å². The number of hydrogen-bond donors (Lipinski definition) is 0. The van der Waals surface area contributed by atoms with Crippen molar-refractivity contribution in [2.45, 2.75) is 36.6 Å². The van der Waals surface area contributed by atoms with Gasteiger partial charge in [-0.3, -0.25) is 4.98 Å². The fraction of sp³-hybridized carbons (Fsp3) is 0.300. The first-order valence-electron chi connectivity index (χ1n) is 9.15. The Morgan fingerprint density at radius 3 is 2.71 bits per heavy atom. The van der Waals surface area contributed by atoms with Crippen molar-refractivity contribution in [2.75, 3.05) is 6.54 Å². The van der Waals surface area contributed by atoms with Gasteiger partial charge in [0.15, 0.2) is 0 Å². The third-order valence-corrected chi connectivity index (χ3v) is 6.99. The number of benzene rings is 1. The number of sulfonamides is 1. The SMILES string of the molecule is O=S(=O)(c1cccnc1)N1CCCCC1c1ncc(Cc2ccc(Cl)cc2)o1. The monoisotopic (exact) mass is 417 g/mol. The Morgan fingerprint density at radius 2 is 1.96 bits per heavy atom. The average Bonchev–Trinajstić information content (AvgIpc) is 3.19. The summed E-state index contributed by atoms with van der Waals surface area (Å²) in [7, 11) is -3.66. The van der Waals surface area contributed by atoms with E-state index in [4.69, 9.17) is 16.0 Å². The molecular formula is C20H20ClN3O3S. The summed E-state index contributed by atoms with van der Waals surface area (Å²) in [6.45, 7) is 0.441. The highest BCUT2D eigenvalue weighted by molar-refractivity contribution is 7.89. The Morgan fingerprint density at radius 1 is 1.14 bits per heavy atom. The van der Waals surface area contributed by atoms with Crippen LogP contribution >= 0.6 is 11.6 Å². The van der Waals surface area contributed by atoms with Gasteiger partial charge >= 0.3 is 0 Å². The van der Waals surface area contributed by atoms with Gasteiger partial charge in [-0.2, -0.15) is 4.31 Å². The maximum Gasteiger partial charge on any atom is 0.245 e. The van der Waals surface area contributed by atoms with E-state index in [1.54, 1.807) is 24.5 Å². The van der Waals surface area contributed by atoms with Gasteiger partial charge < -0.3 is 4.42 Å². The molecule has 146 valence electrons. The molecule has 1 aliphatic heterocycles. The molecule has 0 radical (unpaired) electrons. The van der Waals surface area contributed by atoms with E-state index in [1.807, 2.05) is 24.3 Å². The quantitative estimate of drug-likeness (QED) is 0.620. The molecule has 0 N–H and O–H groups in total. The van der Waals surface area contributed by atoms with Crippen LogP contribution in [0.15, 0.2) is 64.3 Å². The Labute approximate surface area is 169 Å². The van der Waals surface area contributed by atoms with Gasteiger partial charge in [0, 0.05) is 30.4 Å². The topological polar surface area (TPSA) is 76.3 Å². The minimum Gasteiger partial charge on any atom is -0.444 e. The molecule has 4 rings (SSSR count). The van der Waals surface area contributed by atoms with E-state index in [0.29, 0.717) is 36.1 Å². The van der Waals surface area contributed by atoms with Crippen LogP contribution in [0.25, 0.3) is 0 Å². The molecule has 3 aromatic rings. The van der Waals surface area contributed by atoms with Crippen molar-refractivity contribution < 1.29 is 12.8 Å². The summed E-state index contributed by atoms with van der Waals surface area (Å²) in [4.78, 5) is 8.53. The molecular weight excluding hydrogens is 398 g/mol. The number of nitrogens with zero attached hydrogens (tertiary/aromatic N) is 3. The van der Waals surface area contributed by atoms with Crippen LogP contribution in [0, 0.1) is 0 Å². The molecule has 0 bridgehead atoms. The first-order valence-corrected chi connectivity index (χ1v) is 11.0. The molecule has 6 nitrogen and oxygen atoms in total. The van der Waals surface area contributed by atoms with Gasteiger partial charge in [0.2, 0.25) is 15.9 Å². The lowest BCUT2D eigenvalue weighted by atomic mass is 10.1. The Hall–Kier alpha value is -2.22. The zero-order valence-corrected chi connectivity index (χ0v) is 16.7. The first kappa shape index (κ1) is 19.1. The second-order valence-electron chi connectivity index (χ2n) is 6.78. The molecule has 0 saturated carbocycles. The van der Waals surface area contributed by atoms with Crippen molar-refractivity contribution in [1.29, 1.82) is 0 Å². The maximum absolute atomic E-state index is 13.1. The van der Waals surface area contributed by atoms with Crippen LogP contribution in [-0.2, 0) is 16.4 Å². The van der Waals surface area contributed by atoms with E-state index in [9.17, 15) is 8.42 Å². The van der Waals surface area contributed by atoms with E-state index in [2.05, 4.69) is 9.97 Å². The third kappa shape index (κ3) is 3.97. The van der Waals surface area contributed by atoms with Crippen molar-refractivity contribution >= 4 is 21.6 Å². The summed E-state index contributed by atoms with van der Waals surface area (Å²) in [5.74, 6) is 1.14. The van der Waals surface area contributed by atoms with Gasteiger partial charge in [-0.15, -0.1) is 0 Å². The lowest BCUT2D eigenvalue weighted by Crippen LogP contribution is -2.38. The Balaban J connectivity index is 1.58. The largest absolute Gasteiger partial charge is 0.444 e. The minimum atomic E-state index is -3.66. The van der Waals surface area contributed by atoms with Crippen LogP contribution < -0.4 is 0 Å². The summed E-state index contributed by atoms with van der Waals surface area (Å²) in [6.07, 6.45) is 7.61. The number of oxazole rings is 1. The molecule has 1 atom stereocenters. The predicted molar refractivity (Wildman–Crippen MR) is 105 cm³/mol. The van der Waals surface area contributed by atoms with Gasteiger partial charge in [0.25, 0.3) is 0 Å². The number of hydrogen-bond acceptors (Lipinski definition) is 5. The highest BCUT2D eigenvalue weighted by Gasteiger charge is 2.37. The van der Waals surface area contributed by atoms with Crippen LogP contribution in [0.4, 0.5) is 0 Å². The Bertz CT molecular complexity index is 1040. The fourth-order valence-corrected chi connectivity index (χ4v) is 5.18. The lowest BCUT2D eigenvalue weighted by Gasteiger charge is -2.32. The van der Waals surface area contributed by atoms with Crippen molar-refractivity contribution in [3.8, 4) is 0 Å². The number of pyridine rings is 1. The van der Waals surface area contributed by atoms with Crippen molar-refractivity contribution in [3.05, 3.63) is 77.2 Å². The number of piperidine rings is 1. The van der Waals surface area contributed by atoms with Crippen LogP contribution in [0.5, 0.6) is 0 Å². The molecule has 1 fully saturated rings.